The number of rotatable bonds is 4. The molecule has 2 aliphatic heterocycles. The zero-order valence-corrected chi connectivity index (χ0v) is 16.7. The number of nitrogens with zero attached hydrogens (tertiary/aromatic N) is 1. The van der Waals surface area contributed by atoms with Gasteiger partial charge in [0.2, 0.25) is 0 Å². The minimum Gasteiger partial charge on any atom is -0.497 e. The summed E-state index contributed by atoms with van der Waals surface area (Å²) in [4.78, 5) is 15.1. The van der Waals surface area contributed by atoms with Gasteiger partial charge in [-0.1, -0.05) is 42.2 Å². The molecule has 0 radical (unpaired) electrons. The van der Waals surface area contributed by atoms with Crippen LogP contribution in [0.4, 0.5) is 0 Å². The highest BCUT2D eigenvalue weighted by molar-refractivity contribution is 8.26. The van der Waals surface area contributed by atoms with Gasteiger partial charge in [0.1, 0.15) is 21.9 Å². The van der Waals surface area contributed by atoms with Gasteiger partial charge in [-0.25, -0.2) is 0 Å². The Balaban J connectivity index is 1.52. The number of methoxy groups -OCH3 is 1. The number of hydrogen-bond acceptors (Lipinski definition) is 5. The van der Waals surface area contributed by atoms with E-state index in [0.29, 0.717) is 15.8 Å². The molecule has 2 aliphatic rings. The number of thioether (sulfide) groups is 1. The average molecular weight is 398 g/mol. The van der Waals surface area contributed by atoms with E-state index in [1.165, 1.54) is 17.3 Å². The van der Waals surface area contributed by atoms with E-state index in [4.69, 9.17) is 21.7 Å². The fourth-order valence-electron chi connectivity index (χ4n) is 3.23. The van der Waals surface area contributed by atoms with E-state index in [-0.39, 0.29) is 12.0 Å². The lowest BCUT2D eigenvalue weighted by molar-refractivity contribution is -0.122. The summed E-state index contributed by atoms with van der Waals surface area (Å²) < 4.78 is 11.5. The van der Waals surface area contributed by atoms with Crippen LogP contribution in [0.3, 0.4) is 0 Å². The summed E-state index contributed by atoms with van der Waals surface area (Å²) in [5.74, 6) is 1.68. The van der Waals surface area contributed by atoms with E-state index in [2.05, 4.69) is 13.0 Å². The Labute approximate surface area is 168 Å². The molecule has 0 N–H and O–H groups in total. The summed E-state index contributed by atoms with van der Waals surface area (Å²) in [6, 6.07) is 13.7. The lowest BCUT2D eigenvalue weighted by Crippen LogP contribution is -2.27. The van der Waals surface area contributed by atoms with Crippen molar-refractivity contribution in [3.05, 3.63) is 64.1 Å². The van der Waals surface area contributed by atoms with Crippen LogP contribution in [0.2, 0.25) is 0 Å². The molecule has 4 nitrogen and oxygen atoms in total. The lowest BCUT2D eigenvalue weighted by atomic mass is 10.1. The zero-order chi connectivity index (χ0) is 19.0. The largest absolute Gasteiger partial charge is 0.497 e. The van der Waals surface area contributed by atoms with Gasteiger partial charge in [0.05, 0.1) is 18.6 Å². The van der Waals surface area contributed by atoms with Crippen LogP contribution in [0.15, 0.2) is 47.4 Å². The number of carbonyl (C=O) groups excluding carboxylic acids is 1. The van der Waals surface area contributed by atoms with Gasteiger partial charge in [-0.3, -0.25) is 9.69 Å². The molecule has 0 spiro atoms. The molecule has 138 valence electrons. The van der Waals surface area contributed by atoms with Crippen molar-refractivity contribution in [2.45, 2.75) is 26.0 Å². The van der Waals surface area contributed by atoms with Gasteiger partial charge in [-0.05, 0) is 54.0 Å². The van der Waals surface area contributed by atoms with Crippen molar-refractivity contribution in [3.8, 4) is 11.5 Å². The predicted molar refractivity (Wildman–Crippen MR) is 112 cm³/mol. The van der Waals surface area contributed by atoms with Crippen molar-refractivity contribution >= 4 is 40.3 Å². The third-order valence-corrected chi connectivity index (χ3v) is 5.97. The van der Waals surface area contributed by atoms with Gasteiger partial charge in [-0.15, -0.1) is 0 Å². The lowest BCUT2D eigenvalue weighted by Gasteiger charge is -2.14. The van der Waals surface area contributed by atoms with Gasteiger partial charge < -0.3 is 9.47 Å². The number of hydrogen-bond donors (Lipinski definition) is 0. The van der Waals surface area contributed by atoms with Crippen LogP contribution in [0, 0.1) is 0 Å². The normalized spacial score (nSPS) is 20.1. The highest BCUT2D eigenvalue weighted by Crippen LogP contribution is 2.35. The smallest absolute Gasteiger partial charge is 0.266 e. The van der Waals surface area contributed by atoms with Crippen molar-refractivity contribution in [2.75, 3.05) is 7.11 Å². The van der Waals surface area contributed by atoms with Gasteiger partial charge in [0, 0.05) is 6.42 Å². The second kappa shape index (κ2) is 7.37. The van der Waals surface area contributed by atoms with E-state index in [1.54, 1.807) is 12.0 Å². The van der Waals surface area contributed by atoms with Crippen LogP contribution in [-0.2, 0) is 17.8 Å². The maximum absolute atomic E-state index is 12.8. The first-order chi connectivity index (χ1) is 13.0. The first-order valence-electron chi connectivity index (χ1n) is 8.71. The number of amides is 1. The molecule has 2 heterocycles. The number of carbonyl (C=O) groups is 1. The second-order valence-corrected chi connectivity index (χ2v) is 8.29. The summed E-state index contributed by atoms with van der Waals surface area (Å²) in [5.41, 5.74) is 3.19. The molecule has 2 aromatic carbocycles. The molecule has 2 aromatic rings. The summed E-state index contributed by atoms with van der Waals surface area (Å²) in [6.45, 7) is 2.52. The van der Waals surface area contributed by atoms with Crippen LogP contribution in [-0.4, -0.2) is 28.3 Å². The number of benzene rings is 2. The molecule has 1 fully saturated rings. The van der Waals surface area contributed by atoms with Gasteiger partial charge in [0.15, 0.2) is 0 Å². The molecular formula is C21H19NO3S2. The first-order valence-corrected chi connectivity index (χ1v) is 9.94. The van der Waals surface area contributed by atoms with Crippen LogP contribution in [0.5, 0.6) is 11.5 Å². The SMILES string of the molecule is COc1ccc(CN2C(=O)/C(=C\c3ccc4c(c3)C[C@@H](C)O4)SC2=S)cc1. The Hall–Kier alpha value is -2.31. The van der Waals surface area contributed by atoms with Crippen LogP contribution in [0.25, 0.3) is 6.08 Å². The highest BCUT2D eigenvalue weighted by atomic mass is 32.2. The standard InChI is InChI=1S/C21H19NO3S2/c1-13-9-16-10-15(5-8-18(16)25-13)11-19-20(23)22(21(26)27-19)12-14-3-6-17(24-2)7-4-14/h3-8,10-11,13H,9,12H2,1-2H3/b19-11+/t13-/m1/s1. The molecule has 1 atom stereocenters. The van der Waals surface area contributed by atoms with Crippen molar-refractivity contribution in [3.63, 3.8) is 0 Å². The third kappa shape index (κ3) is 3.73. The average Bonchev–Trinajstić information content (AvgIpc) is 3.15. The molecule has 6 heteroatoms. The van der Waals surface area contributed by atoms with Crippen molar-refractivity contribution in [1.29, 1.82) is 0 Å². The van der Waals surface area contributed by atoms with E-state index >= 15 is 0 Å². The van der Waals surface area contributed by atoms with Crippen molar-refractivity contribution in [2.24, 2.45) is 0 Å². The van der Waals surface area contributed by atoms with Crippen molar-refractivity contribution < 1.29 is 14.3 Å². The molecule has 0 unspecified atom stereocenters. The maximum atomic E-state index is 12.8. The fraction of sp³-hybridized carbons (Fsp3) is 0.238. The topological polar surface area (TPSA) is 38.8 Å². The molecule has 0 aliphatic carbocycles. The third-order valence-electron chi connectivity index (χ3n) is 4.59. The first kappa shape index (κ1) is 18.1. The quantitative estimate of drug-likeness (QED) is 0.564. The fourth-order valence-corrected chi connectivity index (χ4v) is 4.49. The number of fused-ring (bicyclic) bond motifs is 1. The van der Waals surface area contributed by atoms with E-state index in [9.17, 15) is 4.79 Å². The summed E-state index contributed by atoms with van der Waals surface area (Å²) in [7, 11) is 1.63. The highest BCUT2D eigenvalue weighted by Gasteiger charge is 2.32. The minimum atomic E-state index is -0.0501. The molecule has 1 saturated heterocycles. The van der Waals surface area contributed by atoms with Crippen LogP contribution >= 0.6 is 24.0 Å². The summed E-state index contributed by atoms with van der Waals surface area (Å²) in [6.07, 6.45) is 3.02. The van der Waals surface area contributed by atoms with Gasteiger partial charge >= 0.3 is 0 Å². The molecule has 4 rings (SSSR count). The molecule has 1 amide bonds. The maximum Gasteiger partial charge on any atom is 0.266 e. The van der Waals surface area contributed by atoms with Crippen LogP contribution < -0.4 is 9.47 Å². The van der Waals surface area contributed by atoms with E-state index < -0.39 is 0 Å². The van der Waals surface area contributed by atoms with E-state index in [0.717, 1.165) is 29.0 Å². The Kier molecular flexibility index (Phi) is 4.93. The van der Waals surface area contributed by atoms with Crippen molar-refractivity contribution in [1.82, 2.24) is 4.90 Å². The van der Waals surface area contributed by atoms with Gasteiger partial charge in [-0.2, -0.15) is 0 Å². The molecule has 0 bridgehead atoms. The Morgan fingerprint density at radius 3 is 2.81 bits per heavy atom. The molecule has 27 heavy (non-hydrogen) atoms. The second-order valence-electron chi connectivity index (χ2n) is 6.62. The molecule has 0 saturated carbocycles. The molecular weight excluding hydrogens is 378 g/mol. The van der Waals surface area contributed by atoms with Gasteiger partial charge in [0.25, 0.3) is 5.91 Å². The van der Waals surface area contributed by atoms with Crippen LogP contribution in [0.1, 0.15) is 23.6 Å². The van der Waals surface area contributed by atoms with E-state index in [1.807, 2.05) is 42.5 Å². The zero-order valence-electron chi connectivity index (χ0n) is 15.1. The number of thiocarbonyl (C=S) groups is 1. The molecule has 0 aromatic heterocycles. The predicted octanol–water partition coefficient (Wildman–Crippen LogP) is 4.42. The monoisotopic (exact) mass is 397 g/mol. The summed E-state index contributed by atoms with van der Waals surface area (Å²) >= 11 is 6.79. The Bertz CT molecular complexity index is 937. The minimum absolute atomic E-state index is 0.0501. The number of ether oxygens (including phenoxy) is 2. The Morgan fingerprint density at radius 1 is 1.30 bits per heavy atom. The summed E-state index contributed by atoms with van der Waals surface area (Å²) in [5, 5.41) is 0. The Morgan fingerprint density at radius 2 is 2.07 bits per heavy atom.